The first-order valence-corrected chi connectivity index (χ1v) is 22.1. The number of thiazole rings is 1. The molecule has 3 aromatic rings. The monoisotopic (exact) mass is 855 g/mol. The van der Waals surface area contributed by atoms with E-state index in [0.29, 0.717) is 33.8 Å². The largest absolute Gasteiger partial charge is 0.497 e. The van der Waals surface area contributed by atoms with Crippen LogP contribution in [0.15, 0.2) is 42.3 Å². The van der Waals surface area contributed by atoms with E-state index in [4.69, 9.17) is 24.2 Å². The first-order chi connectivity index (χ1) is 27.9. The number of carbonyl (C=O) groups excluding carboxylic acids is 4. The van der Waals surface area contributed by atoms with Gasteiger partial charge in [-0.1, -0.05) is 26.8 Å². The molecular weight excluding hydrogens is 802 g/mol. The van der Waals surface area contributed by atoms with Crippen LogP contribution in [0, 0.1) is 11.3 Å². The number of rotatable bonds is 15. The lowest BCUT2D eigenvalue weighted by molar-refractivity contribution is -0.143. The van der Waals surface area contributed by atoms with E-state index in [1.807, 2.05) is 30.4 Å². The van der Waals surface area contributed by atoms with Crippen LogP contribution in [0.25, 0.3) is 22.3 Å². The number of alkyl carbamates (subject to hydrolysis) is 1. The molecule has 2 aromatic heterocycles. The fourth-order valence-corrected chi connectivity index (χ4v) is 8.92. The quantitative estimate of drug-likeness (QED) is 0.0938. The number of likely N-dealkylation sites (tertiary alicyclic amines) is 1. The second-order valence-electron chi connectivity index (χ2n) is 16.6. The van der Waals surface area contributed by atoms with E-state index in [9.17, 15) is 28.6 Å². The molecule has 2 aliphatic carbocycles. The van der Waals surface area contributed by atoms with Gasteiger partial charge in [0.2, 0.25) is 11.8 Å². The van der Waals surface area contributed by atoms with Crippen LogP contribution >= 0.6 is 19.1 Å². The predicted octanol–water partition coefficient (Wildman–Crippen LogP) is 5.54. The maximum Gasteiger partial charge on any atom is 0.432 e. The summed E-state index contributed by atoms with van der Waals surface area (Å²) in [6.07, 6.45) is 3.18. The first kappa shape index (κ1) is 43.8. The van der Waals surface area contributed by atoms with Crippen LogP contribution in [-0.4, -0.2) is 100 Å². The van der Waals surface area contributed by atoms with E-state index in [1.165, 1.54) is 22.3 Å². The number of methoxy groups -OCH3 is 1. The number of nitrogens with one attached hydrogen (secondary N) is 4. The van der Waals surface area contributed by atoms with Crippen molar-refractivity contribution in [1.29, 1.82) is 0 Å². The first-order valence-electron chi connectivity index (χ1n) is 19.7. The molecule has 59 heavy (non-hydrogen) atoms. The molecule has 6 atom stereocenters. The van der Waals surface area contributed by atoms with E-state index in [0.717, 1.165) is 37.9 Å². The summed E-state index contributed by atoms with van der Waals surface area (Å²) in [5, 5.41) is 14.1. The molecule has 17 nitrogen and oxygen atoms in total. The summed E-state index contributed by atoms with van der Waals surface area (Å²) in [6, 6.07) is 4.99. The molecule has 6 rings (SSSR count). The molecule has 1 saturated heterocycles. The Balaban J connectivity index is 1.34. The van der Waals surface area contributed by atoms with E-state index < -0.39 is 66.6 Å². The minimum atomic E-state index is -4.52. The van der Waals surface area contributed by atoms with E-state index in [2.05, 4.69) is 27.1 Å². The van der Waals surface area contributed by atoms with Crippen molar-refractivity contribution in [3.63, 3.8) is 0 Å². The van der Waals surface area contributed by atoms with Gasteiger partial charge in [-0.2, -0.15) is 0 Å². The summed E-state index contributed by atoms with van der Waals surface area (Å²) in [5.74, 6) is -1.77. The van der Waals surface area contributed by atoms with Gasteiger partial charge in [0.1, 0.15) is 47.0 Å². The Bertz CT molecular complexity index is 2140. The van der Waals surface area contributed by atoms with Crippen LogP contribution in [0.3, 0.4) is 0 Å². The number of hydrogen-bond acceptors (Lipinski definition) is 13. The maximum atomic E-state index is 14.7. The van der Waals surface area contributed by atoms with Gasteiger partial charge in [-0.3, -0.25) is 24.0 Å². The van der Waals surface area contributed by atoms with Gasteiger partial charge in [0.05, 0.1) is 24.9 Å². The summed E-state index contributed by atoms with van der Waals surface area (Å²) in [6.45, 7) is 13.1. The van der Waals surface area contributed by atoms with Crippen molar-refractivity contribution in [2.45, 2.75) is 109 Å². The predicted molar refractivity (Wildman–Crippen MR) is 222 cm³/mol. The van der Waals surface area contributed by atoms with Crippen LogP contribution in [0.2, 0.25) is 0 Å². The number of aromatic nitrogens is 2. The van der Waals surface area contributed by atoms with E-state index in [-0.39, 0.29) is 31.5 Å². The maximum absolute atomic E-state index is 14.7. The van der Waals surface area contributed by atoms with Gasteiger partial charge in [0.25, 0.3) is 5.91 Å². The molecular formula is C40H54N7O10PS. The van der Waals surface area contributed by atoms with Crippen LogP contribution in [0.4, 0.5) is 9.93 Å². The zero-order valence-electron chi connectivity index (χ0n) is 34.4. The van der Waals surface area contributed by atoms with Gasteiger partial charge in [-0.05, 0) is 63.5 Å². The van der Waals surface area contributed by atoms with E-state index >= 15 is 0 Å². The van der Waals surface area contributed by atoms with Crippen LogP contribution < -0.4 is 30.5 Å². The lowest BCUT2D eigenvalue weighted by Crippen LogP contribution is -2.59. The Morgan fingerprint density at radius 1 is 1.08 bits per heavy atom. The SMILES string of the molecule is C=C[C@@H]1C[C@]1(NC(=O)[C@@H]1C[C@@H](Oc2cc(-c3csc(NC(C)C)n3)nc3cc(OC)ccc23)CN1C(=O)[C@@H](NC(=O)OC1CCCC1)C(C)(C)C)C(=O)NP(=O)(O)OC. The van der Waals surface area contributed by atoms with Crippen molar-refractivity contribution in [3.8, 4) is 22.9 Å². The molecule has 1 aromatic carbocycles. The summed E-state index contributed by atoms with van der Waals surface area (Å²) >= 11 is 1.44. The van der Waals surface area contributed by atoms with Gasteiger partial charge in [-0.15, -0.1) is 17.9 Å². The number of nitrogens with zero attached hydrogens (tertiary/aromatic N) is 3. The molecule has 3 fully saturated rings. The standard InChI is InChI=1S/C40H54N7O10PS/c1-9-23-19-40(23,36(50)46-58(52,53)55-8)45-34(48)31-17-26(20-47(31)35(49)33(39(4,5)6)44-38(51)57-24-12-10-11-13-24)56-32-18-29(30-21-59-37(43-30)41-22(2)3)42-28-16-25(54-7)14-15-27(28)32/h9,14-16,18,21-24,26,31,33H,1,10-13,17,19-20H2,2-8H3,(H,41,43)(H,44,51)(H,45,48)(H2,46,50,52,53)/t23-,26-,31+,33-,40-/m1/s1. The number of ether oxygens (including phenoxy) is 3. The smallest absolute Gasteiger partial charge is 0.432 e. The zero-order valence-corrected chi connectivity index (χ0v) is 36.1. The lowest BCUT2D eigenvalue weighted by atomic mass is 9.85. The van der Waals surface area contributed by atoms with Crippen molar-refractivity contribution < 1.29 is 47.4 Å². The molecule has 5 N–H and O–H groups in total. The highest BCUT2D eigenvalue weighted by molar-refractivity contribution is 7.51. The van der Waals surface area contributed by atoms with Gasteiger partial charge >= 0.3 is 13.8 Å². The van der Waals surface area contributed by atoms with Crippen molar-refractivity contribution in [1.82, 2.24) is 30.6 Å². The van der Waals surface area contributed by atoms with Gasteiger partial charge in [0, 0.05) is 48.4 Å². The van der Waals surface area contributed by atoms with Gasteiger partial charge in [0.15, 0.2) is 5.13 Å². The van der Waals surface area contributed by atoms with Crippen molar-refractivity contribution in [2.75, 3.05) is 26.1 Å². The van der Waals surface area contributed by atoms with E-state index in [1.54, 1.807) is 46.1 Å². The average Bonchev–Trinajstić information content (AvgIpc) is 3.59. The molecule has 4 amide bonds. The average molecular weight is 856 g/mol. The van der Waals surface area contributed by atoms with Crippen molar-refractivity contribution in [3.05, 3.63) is 42.3 Å². The summed E-state index contributed by atoms with van der Waals surface area (Å²) in [5.41, 5.74) is -0.743. The Morgan fingerprint density at radius 2 is 1.81 bits per heavy atom. The molecule has 19 heteroatoms. The molecule has 3 heterocycles. The molecule has 2 saturated carbocycles. The third kappa shape index (κ3) is 9.99. The second kappa shape index (κ2) is 17.4. The minimum Gasteiger partial charge on any atom is -0.497 e. The van der Waals surface area contributed by atoms with Gasteiger partial charge < -0.3 is 40.0 Å². The molecule has 0 bridgehead atoms. The highest BCUT2D eigenvalue weighted by Gasteiger charge is 2.62. The Kier molecular flexibility index (Phi) is 13.0. The number of fused-ring (bicyclic) bond motifs is 1. The summed E-state index contributed by atoms with van der Waals surface area (Å²) in [7, 11) is -1.99. The highest BCUT2D eigenvalue weighted by Crippen LogP contribution is 2.48. The number of amides is 4. The fourth-order valence-electron chi connectivity index (χ4n) is 7.53. The molecule has 3 aliphatic rings. The number of anilines is 1. The third-order valence-corrected chi connectivity index (χ3v) is 12.5. The zero-order chi connectivity index (χ0) is 42.9. The topological polar surface area (TPSA) is 220 Å². The number of carbonyl (C=O) groups is 4. The fraction of sp³-hybridized carbons (Fsp3) is 0.550. The molecule has 320 valence electrons. The molecule has 0 radical (unpaired) electrons. The second-order valence-corrected chi connectivity index (χ2v) is 19.1. The third-order valence-electron chi connectivity index (χ3n) is 10.8. The number of benzene rings is 1. The Morgan fingerprint density at radius 3 is 2.44 bits per heavy atom. The molecule has 0 spiro atoms. The number of hydrogen-bond donors (Lipinski definition) is 5. The lowest BCUT2D eigenvalue weighted by Gasteiger charge is -2.35. The molecule has 1 aliphatic heterocycles. The summed E-state index contributed by atoms with van der Waals surface area (Å²) in [4.78, 5) is 76.9. The van der Waals surface area contributed by atoms with Gasteiger partial charge in [-0.25, -0.2) is 19.3 Å². The number of pyridine rings is 1. The highest BCUT2D eigenvalue weighted by atomic mass is 32.1. The Labute approximate surface area is 347 Å². The van der Waals surface area contributed by atoms with Crippen LogP contribution in [0.1, 0.15) is 73.1 Å². The summed E-state index contributed by atoms with van der Waals surface area (Å²) < 4.78 is 34.8. The van der Waals surface area contributed by atoms with Crippen molar-refractivity contribution in [2.24, 2.45) is 11.3 Å². The Hall–Kier alpha value is -4.77. The minimum absolute atomic E-state index is 0.0115. The van der Waals surface area contributed by atoms with Crippen molar-refractivity contribution >= 4 is 58.9 Å². The molecule has 1 unspecified atom stereocenters. The van der Waals surface area contributed by atoms with Crippen LogP contribution in [0.5, 0.6) is 11.5 Å². The van der Waals surface area contributed by atoms with Crippen LogP contribution in [-0.2, 0) is 28.2 Å². The normalized spacial score (nSPS) is 23.3.